The summed E-state index contributed by atoms with van der Waals surface area (Å²) in [5, 5.41) is 8.21. The molecule has 0 radical (unpaired) electrons. The molecule has 0 spiro atoms. The predicted molar refractivity (Wildman–Crippen MR) is 188 cm³/mol. The fourth-order valence-corrected chi connectivity index (χ4v) is 6.81. The van der Waals surface area contributed by atoms with Gasteiger partial charge in [0.1, 0.15) is 15.5 Å². The van der Waals surface area contributed by atoms with Crippen LogP contribution in [0.4, 0.5) is 17.1 Å². The molecule has 13 nitrogen and oxygen atoms in total. The van der Waals surface area contributed by atoms with Gasteiger partial charge in [-0.2, -0.15) is 27.0 Å². The highest BCUT2D eigenvalue weighted by atomic mass is 32.2. The largest absolute Gasteiger partial charge is 0.399 e. The molecule has 2 aliphatic carbocycles. The number of carbonyl (C=O) groups is 2. The number of anilines is 3. The number of hydrazone groups is 2. The summed E-state index contributed by atoms with van der Waals surface area (Å²) in [6, 6.07) is 21.2. The van der Waals surface area contributed by atoms with Crippen molar-refractivity contribution in [3.05, 3.63) is 123 Å². The van der Waals surface area contributed by atoms with E-state index in [0.29, 0.717) is 22.6 Å². The molecule has 0 bridgehead atoms. The lowest BCUT2D eigenvalue weighted by atomic mass is 9.94. The van der Waals surface area contributed by atoms with Gasteiger partial charge in [0.25, 0.3) is 20.2 Å². The second kappa shape index (κ2) is 12.4. The zero-order chi connectivity index (χ0) is 35.2. The summed E-state index contributed by atoms with van der Waals surface area (Å²) in [6.07, 6.45) is 2.17. The van der Waals surface area contributed by atoms with E-state index in [0.717, 1.165) is 28.8 Å². The summed E-state index contributed by atoms with van der Waals surface area (Å²) in [5.41, 5.74) is 15.7. The standard InChI is InChI=1S/C34H27N5O8S2/c1-18-13-20(7-11-27(18)36-38-29-17-30(48(42,43)44)25-5-3-4-6-26(25)33(29)40)21-8-12-28(19(2)14-21)37-39-32-31(49(45,46)47)16-22-15-23(35)9-10-24(22)34(32)41/h3-17,36-37H,35H2,1-2H3,(H,42,43,44)(H,45,46,47)/b38-29-,39-32+. The molecule has 0 saturated carbocycles. The van der Waals surface area contributed by atoms with E-state index in [1.54, 1.807) is 37.3 Å². The second-order valence-electron chi connectivity index (χ2n) is 11.3. The molecule has 49 heavy (non-hydrogen) atoms. The lowest BCUT2D eigenvalue weighted by molar-refractivity contribution is 0.105. The topological polar surface area (TPSA) is 218 Å². The van der Waals surface area contributed by atoms with E-state index >= 15 is 0 Å². The number of hydrogen-bond acceptors (Lipinski definition) is 11. The van der Waals surface area contributed by atoms with Gasteiger partial charge in [0.15, 0.2) is 5.71 Å². The normalized spacial score (nSPS) is 16.2. The third kappa shape index (κ3) is 6.55. The maximum atomic E-state index is 13.2. The Kier molecular flexibility index (Phi) is 8.37. The highest BCUT2D eigenvalue weighted by molar-refractivity contribution is 7.95. The quantitative estimate of drug-likeness (QED) is 0.0943. The number of nitrogens with zero attached hydrogens (tertiary/aromatic N) is 2. The zero-order valence-corrected chi connectivity index (χ0v) is 27.4. The van der Waals surface area contributed by atoms with Crippen molar-refractivity contribution in [1.82, 2.24) is 0 Å². The highest BCUT2D eigenvalue weighted by Crippen LogP contribution is 2.32. The number of fused-ring (bicyclic) bond motifs is 2. The van der Waals surface area contributed by atoms with Crippen molar-refractivity contribution in [1.29, 1.82) is 0 Å². The Balaban J connectivity index is 1.23. The van der Waals surface area contributed by atoms with E-state index in [9.17, 15) is 35.5 Å². The number of hydrogen-bond donors (Lipinski definition) is 5. The van der Waals surface area contributed by atoms with Gasteiger partial charge in [-0.15, -0.1) is 0 Å². The number of aryl methyl sites for hydroxylation is 2. The van der Waals surface area contributed by atoms with Crippen LogP contribution in [0.15, 0.2) is 100 Å². The Morgan fingerprint density at radius 1 is 0.633 bits per heavy atom. The predicted octanol–water partition coefficient (Wildman–Crippen LogP) is 5.34. The summed E-state index contributed by atoms with van der Waals surface area (Å²) >= 11 is 0. The van der Waals surface area contributed by atoms with E-state index in [2.05, 4.69) is 21.1 Å². The first-order valence-electron chi connectivity index (χ1n) is 14.5. The number of nitrogens with two attached hydrogens (primary N) is 1. The van der Waals surface area contributed by atoms with Gasteiger partial charge in [-0.25, -0.2) is 0 Å². The van der Waals surface area contributed by atoms with Crippen molar-refractivity contribution in [2.24, 2.45) is 10.2 Å². The smallest absolute Gasteiger partial charge is 0.296 e. The fraction of sp³-hybridized carbons (Fsp3) is 0.0588. The molecule has 2 aliphatic rings. The van der Waals surface area contributed by atoms with Crippen LogP contribution in [0.2, 0.25) is 0 Å². The molecule has 0 aromatic heterocycles. The molecule has 4 aromatic rings. The number of Topliss-reactive ketones (excluding diaryl/α,β-unsaturated/α-hetero) is 2. The van der Waals surface area contributed by atoms with Crippen LogP contribution in [0.5, 0.6) is 0 Å². The number of nitrogen functional groups attached to an aromatic ring is 1. The van der Waals surface area contributed by atoms with Crippen LogP contribution in [0.3, 0.4) is 0 Å². The minimum Gasteiger partial charge on any atom is -0.399 e. The third-order valence-corrected chi connectivity index (χ3v) is 9.68. The number of carbonyl (C=O) groups excluding carboxylic acids is 2. The van der Waals surface area contributed by atoms with Gasteiger partial charge in [0, 0.05) is 22.4 Å². The van der Waals surface area contributed by atoms with Crippen LogP contribution >= 0.6 is 0 Å². The molecule has 4 aromatic carbocycles. The first-order chi connectivity index (χ1) is 23.1. The number of allylic oxidation sites excluding steroid dienone is 2. The van der Waals surface area contributed by atoms with Crippen LogP contribution in [0.25, 0.3) is 22.1 Å². The molecule has 0 heterocycles. The first kappa shape index (κ1) is 33.2. The Hall–Kier alpha value is -5.74. The average molecular weight is 698 g/mol. The second-order valence-corrected chi connectivity index (χ2v) is 14.0. The van der Waals surface area contributed by atoms with E-state index in [1.165, 1.54) is 30.3 Å². The molecule has 0 atom stereocenters. The molecule has 0 fully saturated rings. The molecule has 15 heteroatoms. The number of nitrogens with one attached hydrogen (secondary N) is 2. The minimum absolute atomic E-state index is 0.0948. The SMILES string of the molecule is Cc1cc(-c2ccc(N/N=C3/C(=O)c4ccc(N)cc4C=C3S(=O)(=O)O)c(C)c2)ccc1N/N=C1/C=C(S(=O)(=O)O)c2ccccc2C1=O. The van der Waals surface area contributed by atoms with Crippen LogP contribution in [-0.4, -0.2) is 48.9 Å². The van der Waals surface area contributed by atoms with Gasteiger partial charge in [-0.3, -0.25) is 29.5 Å². The van der Waals surface area contributed by atoms with Crippen molar-refractivity contribution in [2.45, 2.75) is 13.8 Å². The van der Waals surface area contributed by atoms with E-state index in [4.69, 9.17) is 5.73 Å². The van der Waals surface area contributed by atoms with Crippen molar-refractivity contribution in [3.63, 3.8) is 0 Å². The van der Waals surface area contributed by atoms with Gasteiger partial charge in [-0.1, -0.05) is 36.4 Å². The number of benzene rings is 4. The average Bonchev–Trinajstić information content (AvgIpc) is 3.04. The van der Waals surface area contributed by atoms with Gasteiger partial charge in [-0.05, 0) is 96.3 Å². The lowest BCUT2D eigenvalue weighted by Gasteiger charge is -2.17. The zero-order valence-electron chi connectivity index (χ0n) is 25.8. The van der Waals surface area contributed by atoms with E-state index in [1.807, 2.05) is 25.1 Å². The molecule has 0 aliphatic heterocycles. The van der Waals surface area contributed by atoms with Crippen LogP contribution in [-0.2, 0) is 20.2 Å². The van der Waals surface area contributed by atoms with Gasteiger partial charge < -0.3 is 5.73 Å². The molecule has 0 unspecified atom stereocenters. The molecular weight excluding hydrogens is 671 g/mol. The summed E-state index contributed by atoms with van der Waals surface area (Å²) in [5.74, 6) is -1.21. The van der Waals surface area contributed by atoms with Gasteiger partial charge in [0.2, 0.25) is 11.6 Å². The minimum atomic E-state index is -4.80. The van der Waals surface area contributed by atoms with Crippen LogP contribution in [0, 0.1) is 13.8 Å². The number of rotatable bonds is 7. The van der Waals surface area contributed by atoms with Gasteiger partial charge in [0.05, 0.1) is 11.4 Å². The summed E-state index contributed by atoms with van der Waals surface area (Å²) < 4.78 is 67.8. The Morgan fingerprint density at radius 3 is 1.78 bits per heavy atom. The van der Waals surface area contributed by atoms with Gasteiger partial charge >= 0.3 is 0 Å². The maximum Gasteiger partial charge on any atom is 0.296 e. The van der Waals surface area contributed by atoms with E-state index in [-0.39, 0.29) is 28.0 Å². The molecule has 6 N–H and O–H groups in total. The lowest BCUT2D eigenvalue weighted by Crippen LogP contribution is -2.27. The molecule has 248 valence electrons. The van der Waals surface area contributed by atoms with Crippen molar-refractivity contribution >= 4 is 71.3 Å². The van der Waals surface area contributed by atoms with Crippen LogP contribution < -0.4 is 16.6 Å². The summed E-state index contributed by atoms with van der Waals surface area (Å²) in [7, 11) is -9.43. The summed E-state index contributed by atoms with van der Waals surface area (Å²) in [4.78, 5) is 25.1. The van der Waals surface area contributed by atoms with Crippen LogP contribution in [0.1, 0.15) is 43.0 Å². The van der Waals surface area contributed by atoms with E-state index < -0.39 is 47.3 Å². The Labute approximate surface area is 281 Å². The van der Waals surface area contributed by atoms with Crippen molar-refractivity contribution in [2.75, 3.05) is 16.6 Å². The maximum absolute atomic E-state index is 13.2. The van der Waals surface area contributed by atoms with Crippen molar-refractivity contribution < 1.29 is 35.5 Å². The third-order valence-electron chi connectivity index (χ3n) is 7.92. The van der Waals surface area contributed by atoms with Crippen molar-refractivity contribution in [3.8, 4) is 11.1 Å². The monoisotopic (exact) mass is 697 g/mol. The number of ketones is 2. The summed E-state index contributed by atoms with van der Waals surface area (Å²) in [6.45, 7) is 3.61. The Bertz CT molecular complexity index is 2470. The molecule has 0 saturated heterocycles. The molecular formula is C34H27N5O8S2. The Morgan fingerprint density at radius 2 is 1.20 bits per heavy atom. The molecule has 0 amide bonds. The first-order valence-corrected chi connectivity index (χ1v) is 17.4. The fourth-order valence-electron chi connectivity index (χ4n) is 5.43. The molecule has 6 rings (SSSR count). The highest BCUT2D eigenvalue weighted by Gasteiger charge is 2.33.